The first-order chi connectivity index (χ1) is 17.3. The highest BCUT2D eigenvalue weighted by Crippen LogP contribution is 2.34. The number of esters is 1. The lowest BCUT2D eigenvalue weighted by atomic mass is 9.94. The third-order valence-electron chi connectivity index (χ3n) is 5.67. The Bertz CT molecular complexity index is 1500. The minimum atomic E-state index is -0.695. The van der Waals surface area contributed by atoms with Crippen LogP contribution in [0, 0.1) is 0 Å². The van der Waals surface area contributed by atoms with Crippen LogP contribution in [0.1, 0.15) is 44.1 Å². The molecule has 1 aromatic carbocycles. The third-order valence-corrected chi connectivity index (χ3v) is 7.22. The molecule has 0 bridgehead atoms. The van der Waals surface area contributed by atoms with E-state index in [9.17, 15) is 9.59 Å². The summed E-state index contributed by atoms with van der Waals surface area (Å²) < 4.78 is 19.6. The van der Waals surface area contributed by atoms with Crippen LogP contribution in [-0.4, -0.2) is 38.3 Å². The monoisotopic (exact) mass is 573 g/mol. The van der Waals surface area contributed by atoms with Crippen molar-refractivity contribution in [3.63, 3.8) is 0 Å². The molecule has 2 aromatic heterocycles. The second-order valence-electron chi connectivity index (χ2n) is 8.39. The second kappa shape index (κ2) is 10.9. The third kappa shape index (κ3) is 4.92. The molecule has 36 heavy (non-hydrogen) atoms. The standard InChI is InChI=1S/C26H28BrN3O5S/c1-6-9-19-21(25(32)34-7-2)22(15-10-8-11-16(12-15)33-5)30-23(31)20(36-26(30)28-19)14-17-13-18(27)24(35-17)29(3)4/h8,10-14,22H,6-7,9H2,1-5H3/b20-14+/t22-/m0/s1. The van der Waals surface area contributed by atoms with Crippen LogP contribution in [0.25, 0.3) is 6.08 Å². The number of nitrogens with zero attached hydrogens (tertiary/aromatic N) is 3. The number of aromatic nitrogens is 1. The first kappa shape index (κ1) is 26.0. The zero-order chi connectivity index (χ0) is 26.0. The van der Waals surface area contributed by atoms with E-state index in [2.05, 4.69) is 15.9 Å². The highest BCUT2D eigenvalue weighted by atomic mass is 79.9. The molecule has 0 unspecified atom stereocenters. The summed E-state index contributed by atoms with van der Waals surface area (Å²) in [6, 6.07) is 8.51. The number of furan rings is 1. The predicted octanol–water partition coefficient (Wildman–Crippen LogP) is 4.01. The van der Waals surface area contributed by atoms with Crippen molar-refractivity contribution in [1.29, 1.82) is 0 Å². The Kier molecular flexibility index (Phi) is 7.85. The number of ether oxygens (including phenoxy) is 2. The summed E-state index contributed by atoms with van der Waals surface area (Å²) in [5.41, 5.74) is 1.49. The smallest absolute Gasteiger partial charge is 0.338 e. The molecule has 0 amide bonds. The number of allylic oxidation sites excluding steroid dienone is 1. The Hall–Kier alpha value is -3.11. The van der Waals surface area contributed by atoms with Gasteiger partial charge in [0.25, 0.3) is 5.56 Å². The van der Waals surface area contributed by atoms with E-state index in [0.717, 1.165) is 16.5 Å². The zero-order valence-electron chi connectivity index (χ0n) is 20.8. The Morgan fingerprint density at radius 3 is 2.72 bits per heavy atom. The zero-order valence-corrected chi connectivity index (χ0v) is 23.2. The summed E-state index contributed by atoms with van der Waals surface area (Å²) in [5.74, 6) is 1.34. The SMILES string of the molecule is CCCC1=C(C(=O)OCC)[C@H](c2cccc(OC)c2)n2c(s/c(=C/c3cc(Br)c(N(C)C)o3)c2=O)=N1. The number of benzene rings is 1. The molecule has 4 rings (SSSR count). The van der Waals surface area contributed by atoms with Gasteiger partial charge in [-0.3, -0.25) is 9.36 Å². The fourth-order valence-corrected chi connectivity index (χ4v) is 5.79. The van der Waals surface area contributed by atoms with Crippen molar-refractivity contribution in [2.75, 3.05) is 32.7 Å². The molecule has 0 fully saturated rings. The van der Waals surface area contributed by atoms with E-state index in [1.807, 2.05) is 56.3 Å². The summed E-state index contributed by atoms with van der Waals surface area (Å²) in [4.78, 5) is 34.2. The fraction of sp³-hybridized carbons (Fsp3) is 0.346. The number of hydrogen-bond acceptors (Lipinski definition) is 8. The van der Waals surface area contributed by atoms with Crippen LogP contribution in [0.3, 0.4) is 0 Å². The first-order valence-corrected chi connectivity index (χ1v) is 13.2. The van der Waals surface area contributed by atoms with Crippen LogP contribution in [0.2, 0.25) is 0 Å². The topological polar surface area (TPSA) is 86.3 Å². The van der Waals surface area contributed by atoms with Crippen LogP contribution in [-0.2, 0) is 9.53 Å². The fourth-order valence-electron chi connectivity index (χ4n) is 4.13. The number of hydrogen-bond donors (Lipinski definition) is 0. The van der Waals surface area contributed by atoms with Gasteiger partial charge < -0.3 is 18.8 Å². The van der Waals surface area contributed by atoms with E-state index >= 15 is 0 Å². The van der Waals surface area contributed by atoms with Crippen LogP contribution >= 0.6 is 27.3 Å². The van der Waals surface area contributed by atoms with Crippen LogP contribution in [0.5, 0.6) is 5.75 Å². The predicted molar refractivity (Wildman–Crippen MR) is 143 cm³/mol. The van der Waals surface area contributed by atoms with Gasteiger partial charge in [-0.1, -0.05) is 36.8 Å². The average Bonchev–Trinajstić information content (AvgIpc) is 3.37. The van der Waals surface area contributed by atoms with Gasteiger partial charge in [0.15, 0.2) is 4.80 Å². The molecule has 1 atom stereocenters. The Morgan fingerprint density at radius 2 is 2.08 bits per heavy atom. The highest BCUT2D eigenvalue weighted by molar-refractivity contribution is 9.10. The maximum atomic E-state index is 13.8. The Balaban J connectivity index is 1.98. The van der Waals surface area contributed by atoms with Crippen molar-refractivity contribution < 1.29 is 18.7 Å². The molecular weight excluding hydrogens is 546 g/mol. The van der Waals surface area contributed by atoms with Crippen LogP contribution in [0.15, 0.2) is 60.3 Å². The number of methoxy groups -OCH3 is 1. The molecule has 190 valence electrons. The minimum absolute atomic E-state index is 0.221. The summed E-state index contributed by atoms with van der Waals surface area (Å²) in [5, 5.41) is 0. The van der Waals surface area contributed by atoms with E-state index in [1.165, 1.54) is 11.3 Å². The number of fused-ring (bicyclic) bond motifs is 1. The lowest BCUT2D eigenvalue weighted by molar-refractivity contribution is -0.139. The molecule has 1 aliphatic rings. The van der Waals surface area contributed by atoms with Gasteiger partial charge in [-0.2, -0.15) is 0 Å². The molecular formula is C26H28BrN3O5S. The summed E-state index contributed by atoms with van der Waals surface area (Å²) in [6.45, 7) is 4.01. The lowest BCUT2D eigenvalue weighted by Crippen LogP contribution is -2.40. The van der Waals surface area contributed by atoms with E-state index < -0.39 is 12.0 Å². The van der Waals surface area contributed by atoms with Gasteiger partial charge in [-0.15, -0.1) is 0 Å². The molecule has 10 heteroatoms. The van der Waals surface area contributed by atoms with E-state index in [0.29, 0.717) is 44.4 Å². The molecule has 3 aromatic rings. The summed E-state index contributed by atoms with van der Waals surface area (Å²) in [6.07, 6.45) is 3.07. The van der Waals surface area contributed by atoms with Gasteiger partial charge in [0.2, 0.25) is 5.88 Å². The largest absolute Gasteiger partial charge is 0.497 e. The van der Waals surface area contributed by atoms with Gasteiger partial charge in [0, 0.05) is 26.2 Å². The van der Waals surface area contributed by atoms with Crippen molar-refractivity contribution in [3.8, 4) is 5.75 Å². The molecule has 0 saturated carbocycles. The minimum Gasteiger partial charge on any atom is -0.497 e. The lowest BCUT2D eigenvalue weighted by Gasteiger charge is -2.26. The highest BCUT2D eigenvalue weighted by Gasteiger charge is 2.34. The maximum absolute atomic E-state index is 13.8. The van der Waals surface area contributed by atoms with Crippen molar-refractivity contribution >= 4 is 45.2 Å². The number of rotatable bonds is 8. The average molecular weight is 574 g/mol. The van der Waals surface area contributed by atoms with E-state index in [-0.39, 0.29) is 12.2 Å². The molecule has 0 saturated heterocycles. The number of carbonyl (C=O) groups excluding carboxylic acids is 1. The first-order valence-electron chi connectivity index (χ1n) is 11.6. The summed E-state index contributed by atoms with van der Waals surface area (Å²) >= 11 is 4.77. The summed E-state index contributed by atoms with van der Waals surface area (Å²) in [7, 11) is 5.34. The van der Waals surface area contributed by atoms with Gasteiger partial charge in [0.1, 0.15) is 11.5 Å². The molecule has 3 heterocycles. The van der Waals surface area contributed by atoms with E-state index in [1.54, 1.807) is 24.7 Å². The van der Waals surface area contributed by atoms with Gasteiger partial charge in [-0.05, 0) is 47.0 Å². The van der Waals surface area contributed by atoms with Gasteiger partial charge in [-0.25, -0.2) is 9.79 Å². The van der Waals surface area contributed by atoms with Crippen LogP contribution in [0.4, 0.5) is 5.88 Å². The Labute approximate surface area is 221 Å². The van der Waals surface area contributed by atoms with Crippen molar-refractivity contribution in [2.45, 2.75) is 32.7 Å². The number of carbonyl (C=O) groups is 1. The molecule has 0 spiro atoms. The van der Waals surface area contributed by atoms with E-state index in [4.69, 9.17) is 18.9 Å². The van der Waals surface area contributed by atoms with Crippen molar-refractivity contribution in [3.05, 3.63) is 77.1 Å². The normalized spacial score (nSPS) is 15.5. The molecule has 0 aliphatic carbocycles. The van der Waals surface area contributed by atoms with Crippen molar-refractivity contribution in [1.82, 2.24) is 4.57 Å². The molecule has 0 radical (unpaired) electrons. The van der Waals surface area contributed by atoms with Crippen LogP contribution < -0.4 is 24.5 Å². The second-order valence-corrected chi connectivity index (χ2v) is 10.2. The number of anilines is 1. The maximum Gasteiger partial charge on any atom is 0.338 e. The molecule has 1 aliphatic heterocycles. The Morgan fingerprint density at radius 1 is 1.31 bits per heavy atom. The molecule has 0 N–H and O–H groups in total. The number of halogens is 1. The number of thiazole rings is 1. The quantitative estimate of drug-likeness (QED) is 0.378. The van der Waals surface area contributed by atoms with Gasteiger partial charge in [0.05, 0.1) is 40.0 Å². The molecule has 8 nitrogen and oxygen atoms in total. The van der Waals surface area contributed by atoms with Crippen molar-refractivity contribution in [2.24, 2.45) is 4.99 Å². The van der Waals surface area contributed by atoms with Gasteiger partial charge >= 0.3 is 5.97 Å².